The Bertz CT molecular complexity index is 1710. The van der Waals surface area contributed by atoms with Gasteiger partial charge in [0.15, 0.2) is 5.65 Å². The predicted molar refractivity (Wildman–Crippen MR) is 156 cm³/mol. The predicted octanol–water partition coefficient (Wildman–Crippen LogP) is 5.62. The molecular formula is C30H34FN5O4S. The molecule has 0 aliphatic carbocycles. The van der Waals surface area contributed by atoms with E-state index in [-0.39, 0.29) is 28.2 Å². The summed E-state index contributed by atoms with van der Waals surface area (Å²) in [5, 5.41) is 0.415. The molecule has 2 aromatic carbocycles. The summed E-state index contributed by atoms with van der Waals surface area (Å²) in [7, 11) is -4.08. The molecule has 1 fully saturated rings. The fourth-order valence-electron chi connectivity index (χ4n) is 5.12. The van der Waals surface area contributed by atoms with Gasteiger partial charge in [0.2, 0.25) is 0 Å². The summed E-state index contributed by atoms with van der Waals surface area (Å²) in [4.78, 5) is 25.7. The number of carbonyl (C=O) groups excluding carboxylic acids is 1. The first kappa shape index (κ1) is 28.5. The van der Waals surface area contributed by atoms with E-state index in [0.29, 0.717) is 29.9 Å². The van der Waals surface area contributed by atoms with Crippen LogP contribution in [0, 0.1) is 12.7 Å². The van der Waals surface area contributed by atoms with Crippen molar-refractivity contribution in [3.63, 3.8) is 0 Å². The lowest BCUT2D eigenvalue weighted by molar-refractivity contribution is 0.0130. The summed E-state index contributed by atoms with van der Waals surface area (Å²) in [5.41, 5.74) is 1.03. The molecule has 0 radical (unpaired) electrons. The van der Waals surface area contributed by atoms with E-state index >= 15 is 4.39 Å². The van der Waals surface area contributed by atoms with Crippen molar-refractivity contribution in [3.8, 4) is 11.1 Å². The van der Waals surface area contributed by atoms with Gasteiger partial charge in [-0.05, 0) is 59.7 Å². The number of aryl methyl sites for hydroxylation is 1. The number of rotatable bonds is 4. The number of aromatic nitrogens is 3. The molecule has 11 heteroatoms. The zero-order chi connectivity index (χ0) is 29.7. The first-order chi connectivity index (χ1) is 19.3. The van der Waals surface area contributed by atoms with Gasteiger partial charge in [-0.2, -0.15) is 0 Å². The van der Waals surface area contributed by atoms with Crippen molar-refractivity contribution >= 4 is 33.0 Å². The zero-order valence-electron chi connectivity index (χ0n) is 24.0. The van der Waals surface area contributed by atoms with E-state index in [1.165, 1.54) is 18.6 Å². The van der Waals surface area contributed by atoms with Crippen LogP contribution < -0.4 is 4.90 Å². The van der Waals surface area contributed by atoms with E-state index in [4.69, 9.17) is 4.74 Å². The average Bonchev–Trinajstić information content (AvgIpc) is 3.30. The van der Waals surface area contributed by atoms with Gasteiger partial charge in [-0.1, -0.05) is 35.9 Å². The standard InChI is InChI=1S/C30H34FN5O4S/c1-19-11-13-22(14-12-19)41(38,39)36-17-24(23-9-7-8-10-25(23)31)26-27(32-18-33-28(26)36)34-15-21(3)35(16-20(34)2)29(37)40-30(4,5)6/h7-14,17-18,20-21H,15-16H2,1-6H3/t20?,21-/m0/s1. The molecular weight excluding hydrogens is 545 g/mol. The monoisotopic (exact) mass is 579 g/mol. The molecule has 0 N–H and O–H groups in total. The number of amides is 1. The number of halogens is 1. The third-order valence-corrected chi connectivity index (χ3v) is 8.82. The number of benzene rings is 2. The molecule has 1 amide bonds. The quantitative estimate of drug-likeness (QED) is 0.310. The minimum absolute atomic E-state index is 0.0909. The lowest BCUT2D eigenvalue weighted by atomic mass is 10.0. The molecule has 2 aromatic heterocycles. The molecule has 1 saturated heterocycles. The van der Waals surface area contributed by atoms with Crippen LogP contribution in [0.4, 0.5) is 15.0 Å². The Morgan fingerprint density at radius 2 is 1.66 bits per heavy atom. The molecule has 1 aliphatic rings. The summed E-state index contributed by atoms with van der Waals surface area (Å²) in [6.45, 7) is 12.0. The maximum absolute atomic E-state index is 15.2. The Labute approximate surface area is 239 Å². The molecule has 4 aromatic rings. The van der Waals surface area contributed by atoms with Gasteiger partial charge in [0.25, 0.3) is 10.0 Å². The van der Waals surface area contributed by atoms with Crippen LogP contribution in [0.15, 0.2) is 66.0 Å². The molecule has 216 valence electrons. The smallest absolute Gasteiger partial charge is 0.410 e. The van der Waals surface area contributed by atoms with Crippen LogP contribution in [0.3, 0.4) is 0 Å². The van der Waals surface area contributed by atoms with Crippen molar-refractivity contribution in [1.29, 1.82) is 0 Å². The van der Waals surface area contributed by atoms with Crippen molar-refractivity contribution in [1.82, 2.24) is 18.8 Å². The summed E-state index contributed by atoms with van der Waals surface area (Å²) < 4.78 is 49.6. The van der Waals surface area contributed by atoms with E-state index in [0.717, 1.165) is 9.54 Å². The highest BCUT2D eigenvalue weighted by Gasteiger charge is 2.37. The average molecular weight is 580 g/mol. The Morgan fingerprint density at radius 1 is 0.976 bits per heavy atom. The van der Waals surface area contributed by atoms with E-state index in [9.17, 15) is 13.2 Å². The van der Waals surface area contributed by atoms with Gasteiger partial charge in [0, 0.05) is 42.5 Å². The minimum atomic E-state index is -4.08. The highest BCUT2D eigenvalue weighted by Crippen LogP contribution is 2.39. The Hall–Kier alpha value is -3.99. The van der Waals surface area contributed by atoms with Crippen molar-refractivity contribution in [2.45, 2.75) is 64.1 Å². The molecule has 5 rings (SSSR count). The van der Waals surface area contributed by atoms with Gasteiger partial charge >= 0.3 is 6.09 Å². The summed E-state index contributed by atoms with van der Waals surface area (Å²) in [5.74, 6) is -0.0282. The van der Waals surface area contributed by atoms with Gasteiger partial charge in [0.05, 0.1) is 10.3 Å². The number of hydrogen-bond donors (Lipinski definition) is 0. The second-order valence-corrected chi connectivity index (χ2v) is 13.3. The van der Waals surface area contributed by atoms with Crippen LogP contribution in [-0.4, -0.2) is 64.1 Å². The molecule has 0 bridgehead atoms. The molecule has 3 heterocycles. The Kier molecular flexibility index (Phi) is 7.27. The maximum atomic E-state index is 15.2. The highest BCUT2D eigenvalue weighted by molar-refractivity contribution is 7.90. The maximum Gasteiger partial charge on any atom is 0.410 e. The number of hydrogen-bond acceptors (Lipinski definition) is 7. The summed E-state index contributed by atoms with van der Waals surface area (Å²) in [6, 6.07) is 12.3. The lowest BCUT2D eigenvalue weighted by Gasteiger charge is -2.44. The van der Waals surface area contributed by atoms with E-state index < -0.39 is 27.5 Å². The number of fused-ring (bicyclic) bond motifs is 1. The van der Waals surface area contributed by atoms with E-state index in [1.54, 1.807) is 47.4 Å². The number of carbonyl (C=O) groups is 1. The van der Waals surface area contributed by atoms with Crippen LogP contribution in [0.25, 0.3) is 22.2 Å². The minimum Gasteiger partial charge on any atom is -0.444 e. The molecule has 0 saturated carbocycles. The van der Waals surface area contributed by atoms with Crippen molar-refractivity contribution in [2.75, 3.05) is 18.0 Å². The fourth-order valence-corrected chi connectivity index (χ4v) is 6.44. The first-order valence-corrected chi connectivity index (χ1v) is 14.9. The van der Waals surface area contributed by atoms with Crippen LogP contribution in [0.5, 0.6) is 0 Å². The summed E-state index contributed by atoms with van der Waals surface area (Å²) in [6.07, 6.45) is 2.34. The van der Waals surface area contributed by atoms with Gasteiger partial charge in [0.1, 0.15) is 23.6 Å². The van der Waals surface area contributed by atoms with Crippen LogP contribution in [0.1, 0.15) is 40.2 Å². The Balaban J connectivity index is 1.66. The topological polar surface area (TPSA) is 97.6 Å². The van der Waals surface area contributed by atoms with Crippen molar-refractivity contribution in [3.05, 3.63) is 72.4 Å². The molecule has 1 unspecified atom stereocenters. The second-order valence-electron chi connectivity index (χ2n) is 11.5. The number of anilines is 1. The number of ether oxygens (including phenoxy) is 1. The van der Waals surface area contributed by atoms with E-state index in [1.807, 2.05) is 46.4 Å². The lowest BCUT2D eigenvalue weighted by Crippen LogP contribution is -2.59. The van der Waals surface area contributed by atoms with Gasteiger partial charge in [-0.3, -0.25) is 0 Å². The van der Waals surface area contributed by atoms with Crippen LogP contribution in [-0.2, 0) is 14.8 Å². The number of piperazine rings is 1. The molecule has 9 nitrogen and oxygen atoms in total. The molecule has 2 atom stereocenters. The first-order valence-electron chi connectivity index (χ1n) is 13.5. The van der Waals surface area contributed by atoms with Gasteiger partial charge in [-0.25, -0.2) is 31.5 Å². The van der Waals surface area contributed by atoms with E-state index in [2.05, 4.69) is 9.97 Å². The van der Waals surface area contributed by atoms with Crippen LogP contribution in [0.2, 0.25) is 0 Å². The van der Waals surface area contributed by atoms with Crippen LogP contribution >= 0.6 is 0 Å². The Morgan fingerprint density at radius 3 is 2.32 bits per heavy atom. The fraction of sp³-hybridized carbons (Fsp3) is 0.367. The normalized spacial score (nSPS) is 18.1. The van der Waals surface area contributed by atoms with Gasteiger partial charge < -0.3 is 14.5 Å². The zero-order valence-corrected chi connectivity index (χ0v) is 24.8. The molecule has 0 spiro atoms. The van der Waals surface area contributed by atoms with Gasteiger partial charge in [-0.15, -0.1) is 0 Å². The highest BCUT2D eigenvalue weighted by atomic mass is 32.2. The molecule has 1 aliphatic heterocycles. The third kappa shape index (κ3) is 5.38. The summed E-state index contributed by atoms with van der Waals surface area (Å²) >= 11 is 0. The second kappa shape index (κ2) is 10.4. The third-order valence-electron chi connectivity index (χ3n) is 7.16. The SMILES string of the molecule is Cc1ccc(S(=O)(=O)n2cc(-c3ccccc3F)c3c(N4C[C@H](C)N(C(=O)OC(C)(C)C)CC4C)ncnc32)cc1. The van der Waals surface area contributed by atoms with Crippen molar-refractivity contribution in [2.24, 2.45) is 0 Å². The van der Waals surface area contributed by atoms with Crippen molar-refractivity contribution < 1.29 is 22.3 Å². The largest absolute Gasteiger partial charge is 0.444 e. The number of nitrogens with zero attached hydrogens (tertiary/aromatic N) is 5. The molecule has 41 heavy (non-hydrogen) atoms.